The number of ether oxygens (including phenoxy) is 1. The maximum Gasteiger partial charge on any atom is 0.164 e. The molecule has 7 aromatic carbocycles. The Bertz CT molecular complexity index is 2610. The van der Waals surface area contributed by atoms with Crippen molar-refractivity contribution in [3.05, 3.63) is 140 Å². The van der Waals surface area contributed by atoms with Crippen LogP contribution >= 0.6 is 11.3 Å². The van der Waals surface area contributed by atoms with Gasteiger partial charge in [0.15, 0.2) is 17.5 Å². The van der Waals surface area contributed by atoms with E-state index >= 15 is 0 Å². The smallest absolute Gasteiger partial charge is 0.164 e. The molecule has 1 aliphatic rings. The first-order valence-corrected chi connectivity index (χ1v) is 16.1. The number of hydrogen-bond donors (Lipinski definition) is 0. The number of thiophene rings is 1. The third kappa shape index (κ3) is 3.82. The molecule has 0 unspecified atom stereocenters. The molecule has 2 aromatic heterocycles. The van der Waals surface area contributed by atoms with Crippen molar-refractivity contribution in [2.45, 2.75) is 0 Å². The van der Waals surface area contributed by atoms with Crippen LogP contribution < -0.4 is 4.74 Å². The summed E-state index contributed by atoms with van der Waals surface area (Å²) in [6.45, 7) is 0. The summed E-state index contributed by atoms with van der Waals surface area (Å²) in [6, 6.07) is 48.3. The Morgan fingerprint density at radius 2 is 1.11 bits per heavy atom. The van der Waals surface area contributed by atoms with Crippen molar-refractivity contribution in [2.75, 3.05) is 0 Å². The second-order valence-electron chi connectivity index (χ2n) is 11.6. The summed E-state index contributed by atoms with van der Waals surface area (Å²) in [5, 5.41) is 7.10. The van der Waals surface area contributed by atoms with Gasteiger partial charge in [0.1, 0.15) is 11.5 Å². The molecule has 0 aliphatic carbocycles. The lowest BCUT2D eigenvalue weighted by atomic mass is 9.94. The first kappa shape index (κ1) is 25.4. The Labute approximate surface area is 268 Å². The van der Waals surface area contributed by atoms with E-state index in [1.165, 1.54) is 36.5 Å². The van der Waals surface area contributed by atoms with Crippen molar-refractivity contribution < 1.29 is 4.74 Å². The second kappa shape index (κ2) is 9.80. The van der Waals surface area contributed by atoms with Crippen LogP contribution in [0.3, 0.4) is 0 Å². The number of aromatic nitrogens is 3. The van der Waals surface area contributed by atoms with Gasteiger partial charge in [-0.3, -0.25) is 0 Å². The number of nitrogens with zero attached hydrogens (tertiary/aromatic N) is 3. The fraction of sp³-hybridized carbons (Fsp3) is 0. The largest absolute Gasteiger partial charge is 0.456 e. The van der Waals surface area contributed by atoms with Gasteiger partial charge >= 0.3 is 0 Å². The van der Waals surface area contributed by atoms with E-state index in [1.54, 1.807) is 0 Å². The summed E-state index contributed by atoms with van der Waals surface area (Å²) in [5.41, 5.74) is 5.16. The van der Waals surface area contributed by atoms with Crippen LogP contribution in [0.15, 0.2) is 140 Å². The molecule has 9 aromatic rings. The van der Waals surface area contributed by atoms with Crippen molar-refractivity contribution in [3.63, 3.8) is 0 Å². The molecule has 0 N–H and O–H groups in total. The third-order valence-electron chi connectivity index (χ3n) is 8.88. The standard InChI is InChI=1S/C41H23N3OS/c1-3-10-25(11-4-1)39-42-40(26-12-5-2-6-13-26)44-41(43-39)31-23-28(22-27-14-7-8-16-29(27)31)30-19-20-33-36-37-34(46-38(30)36)21-18-24-15-9-17-32(45-33)35(24)37/h1-23H. The number of benzene rings is 7. The lowest BCUT2D eigenvalue weighted by Gasteiger charge is -2.18. The zero-order valence-corrected chi connectivity index (χ0v) is 25.3. The minimum Gasteiger partial charge on any atom is -0.456 e. The highest BCUT2D eigenvalue weighted by atomic mass is 32.1. The van der Waals surface area contributed by atoms with Crippen molar-refractivity contribution in [3.8, 4) is 56.8 Å². The molecule has 4 nitrogen and oxygen atoms in total. The molecule has 0 atom stereocenters. The van der Waals surface area contributed by atoms with Gasteiger partial charge in [-0.05, 0) is 63.7 Å². The Balaban J connectivity index is 1.25. The molecule has 0 radical (unpaired) electrons. The SMILES string of the molecule is c1ccc(-c2nc(-c3ccccc3)nc(-c3cc(-c4ccc5c6c4sc4ccc7cccc(c7c46)O5)cc4ccccc34)n2)cc1. The highest BCUT2D eigenvalue weighted by Crippen LogP contribution is 2.53. The molecule has 10 rings (SSSR count). The van der Waals surface area contributed by atoms with Crippen LogP contribution in [0.4, 0.5) is 0 Å². The summed E-state index contributed by atoms with van der Waals surface area (Å²) in [6.07, 6.45) is 0. The lowest BCUT2D eigenvalue weighted by molar-refractivity contribution is 0.493. The van der Waals surface area contributed by atoms with Crippen LogP contribution in [0.25, 0.3) is 87.0 Å². The third-order valence-corrected chi connectivity index (χ3v) is 10.1. The molecule has 0 amide bonds. The van der Waals surface area contributed by atoms with E-state index in [-0.39, 0.29) is 0 Å². The predicted octanol–water partition coefficient (Wildman–Crippen LogP) is 11.3. The quantitative estimate of drug-likeness (QED) is 0.200. The molecule has 214 valence electrons. The van der Waals surface area contributed by atoms with E-state index in [2.05, 4.69) is 78.9 Å². The molecule has 0 saturated carbocycles. The van der Waals surface area contributed by atoms with Crippen molar-refractivity contribution in [1.82, 2.24) is 15.0 Å². The molecule has 5 heteroatoms. The Morgan fingerprint density at radius 3 is 1.89 bits per heavy atom. The zero-order chi connectivity index (χ0) is 30.2. The maximum absolute atomic E-state index is 6.49. The van der Waals surface area contributed by atoms with Gasteiger partial charge in [-0.15, -0.1) is 11.3 Å². The fourth-order valence-corrected chi connectivity index (χ4v) is 8.04. The topological polar surface area (TPSA) is 47.9 Å². The minimum absolute atomic E-state index is 0.648. The average molecular weight is 606 g/mol. The maximum atomic E-state index is 6.49. The predicted molar refractivity (Wildman–Crippen MR) is 190 cm³/mol. The Morgan fingerprint density at radius 1 is 0.435 bits per heavy atom. The lowest BCUT2D eigenvalue weighted by Crippen LogP contribution is -2.00. The summed E-state index contributed by atoms with van der Waals surface area (Å²) in [7, 11) is 0. The van der Waals surface area contributed by atoms with E-state index in [1.807, 2.05) is 72.0 Å². The first-order valence-electron chi connectivity index (χ1n) is 15.3. The van der Waals surface area contributed by atoms with Crippen molar-refractivity contribution in [1.29, 1.82) is 0 Å². The summed E-state index contributed by atoms with van der Waals surface area (Å²) >= 11 is 1.83. The number of hydrogen-bond acceptors (Lipinski definition) is 5. The van der Waals surface area contributed by atoms with Crippen LogP contribution in [0, 0.1) is 0 Å². The molecule has 46 heavy (non-hydrogen) atoms. The molecular formula is C41H23N3OS. The van der Waals surface area contributed by atoms with Gasteiger partial charge in [0.2, 0.25) is 0 Å². The van der Waals surface area contributed by atoms with E-state index in [4.69, 9.17) is 19.7 Å². The fourth-order valence-electron chi connectivity index (χ4n) is 6.77. The molecule has 0 spiro atoms. The first-order chi connectivity index (χ1) is 22.8. The van der Waals surface area contributed by atoms with Gasteiger partial charge in [-0.1, -0.05) is 103 Å². The number of fused-ring (bicyclic) bond motifs is 1. The molecule has 1 aliphatic heterocycles. The molecule has 3 heterocycles. The highest BCUT2D eigenvalue weighted by molar-refractivity contribution is 7.26. The molecule has 0 bridgehead atoms. The number of rotatable bonds is 4. The average Bonchev–Trinajstić information content (AvgIpc) is 3.53. The summed E-state index contributed by atoms with van der Waals surface area (Å²) < 4.78 is 8.98. The highest BCUT2D eigenvalue weighted by Gasteiger charge is 2.24. The summed E-state index contributed by atoms with van der Waals surface area (Å²) in [5.74, 6) is 3.79. The monoisotopic (exact) mass is 605 g/mol. The van der Waals surface area contributed by atoms with Crippen LogP contribution in [0.1, 0.15) is 0 Å². The van der Waals surface area contributed by atoms with Gasteiger partial charge in [0.05, 0.1) is 0 Å². The molecule has 0 fully saturated rings. The minimum atomic E-state index is 0.648. The van der Waals surface area contributed by atoms with E-state index < -0.39 is 0 Å². The van der Waals surface area contributed by atoms with Crippen molar-refractivity contribution >= 4 is 53.1 Å². The van der Waals surface area contributed by atoms with Crippen LogP contribution in [0.2, 0.25) is 0 Å². The Kier molecular flexibility index (Phi) is 5.41. The zero-order valence-electron chi connectivity index (χ0n) is 24.4. The van der Waals surface area contributed by atoms with Crippen LogP contribution in [0.5, 0.6) is 11.5 Å². The van der Waals surface area contributed by atoms with Gasteiger partial charge in [-0.25, -0.2) is 15.0 Å². The Hall–Kier alpha value is -5.91. The van der Waals surface area contributed by atoms with Crippen LogP contribution in [-0.2, 0) is 0 Å². The second-order valence-corrected chi connectivity index (χ2v) is 12.6. The van der Waals surface area contributed by atoms with Gasteiger partial charge in [0.25, 0.3) is 0 Å². The van der Waals surface area contributed by atoms with Crippen LogP contribution in [-0.4, -0.2) is 15.0 Å². The van der Waals surface area contributed by atoms with E-state index in [0.29, 0.717) is 17.5 Å². The molecule has 0 saturated heterocycles. The van der Waals surface area contributed by atoms with E-state index in [0.717, 1.165) is 44.5 Å². The van der Waals surface area contributed by atoms with Crippen molar-refractivity contribution in [2.24, 2.45) is 0 Å². The summed E-state index contributed by atoms with van der Waals surface area (Å²) in [4.78, 5) is 15.1. The van der Waals surface area contributed by atoms with Gasteiger partial charge in [0, 0.05) is 42.2 Å². The normalized spacial score (nSPS) is 12.1. The van der Waals surface area contributed by atoms with Gasteiger partial charge < -0.3 is 4.74 Å². The molecular weight excluding hydrogens is 583 g/mol. The van der Waals surface area contributed by atoms with Gasteiger partial charge in [-0.2, -0.15) is 0 Å². The van der Waals surface area contributed by atoms with E-state index in [9.17, 15) is 0 Å².